The first-order chi connectivity index (χ1) is 10.5. The number of nitrogens with one attached hydrogen (secondary N) is 1. The van der Waals surface area contributed by atoms with E-state index in [0.717, 1.165) is 5.56 Å². The first-order valence-corrected chi connectivity index (χ1v) is 7.21. The highest BCUT2D eigenvalue weighted by atomic mass is 16.5. The first-order valence-electron chi connectivity index (χ1n) is 7.21. The van der Waals surface area contributed by atoms with Gasteiger partial charge in [0.15, 0.2) is 0 Å². The number of allylic oxidation sites excluding steroid dienone is 2. The third-order valence-corrected chi connectivity index (χ3v) is 3.91. The molecule has 0 saturated carbocycles. The average molecular weight is 299 g/mol. The zero-order chi connectivity index (χ0) is 15.9. The quantitative estimate of drug-likeness (QED) is 0.671. The maximum Gasteiger partial charge on any atom is 0.342 e. The normalized spacial score (nSPS) is 20.0. The molecule has 0 aliphatic carbocycles. The molecule has 1 N–H and O–H groups in total. The van der Waals surface area contributed by atoms with E-state index in [1.54, 1.807) is 19.1 Å². The van der Waals surface area contributed by atoms with Crippen LogP contribution in [0.25, 0.3) is 0 Å². The summed E-state index contributed by atoms with van der Waals surface area (Å²) in [7, 11) is 0. The molecule has 3 rings (SSSR count). The lowest BCUT2D eigenvalue weighted by Gasteiger charge is -2.34. The summed E-state index contributed by atoms with van der Waals surface area (Å²) in [6.07, 6.45) is 0. The Balaban J connectivity index is 2.21. The molecule has 114 valence electrons. The van der Waals surface area contributed by atoms with Crippen LogP contribution in [0.2, 0.25) is 0 Å². The van der Waals surface area contributed by atoms with Crippen LogP contribution >= 0.6 is 0 Å². The Morgan fingerprint density at radius 2 is 2.00 bits per heavy atom. The van der Waals surface area contributed by atoms with Gasteiger partial charge in [-0.25, -0.2) is 9.59 Å². The fourth-order valence-corrected chi connectivity index (χ4v) is 3.02. The van der Waals surface area contributed by atoms with Gasteiger partial charge < -0.3 is 14.8 Å². The largest absolute Gasteiger partial charge is 0.463 e. The van der Waals surface area contributed by atoms with Gasteiger partial charge in [-0.3, -0.25) is 0 Å². The minimum atomic E-state index is -0.447. The van der Waals surface area contributed by atoms with Crippen LogP contribution in [0, 0.1) is 0 Å². The summed E-state index contributed by atoms with van der Waals surface area (Å²) < 4.78 is 10.6. The highest BCUT2D eigenvalue weighted by Crippen LogP contribution is 2.45. The van der Waals surface area contributed by atoms with E-state index in [9.17, 15) is 9.59 Å². The van der Waals surface area contributed by atoms with Crippen molar-refractivity contribution in [3.05, 3.63) is 52.4 Å². The lowest BCUT2D eigenvalue weighted by atomic mass is 9.79. The van der Waals surface area contributed by atoms with Gasteiger partial charge in [0.2, 0.25) is 0 Å². The maximum atomic E-state index is 12.4. The molecule has 2 heterocycles. The second kappa shape index (κ2) is 5.33. The van der Waals surface area contributed by atoms with Crippen LogP contribution < -0.4 is 10.1 Å². The van der Waals surface area contributed by atoms with Gasteiger partial charge in [-0.2, -0.15) is 0 Å². The van der Waals surface area contributed by atoms with Crippen molar-refractivity contribution in [1.29, 1.82) is 0 Å². The summed E-state index contributed by atoms with van der Waals surface area (Å²) >= 11 is 0. The third-order valence-electron chi connectivity index (χ3n) is 3.91. The number of hydrogen-bond donors (Lipinski definition) is 1. The van der Waals surface area contributed by atoms with E-state index in [-0.39, 0.29) is 6.61 Å². The number of carbonyl (C=O) groups is 2. The predicted octanol–water partition coefficient (Wildman–Crippen LogP) is 2.40. The SMILES string of the molecule is CCOC(=O)C1=C(C)NC(C)=C2C(=O)Oc3ccccc3[C@@H]12. The smallest absolute Gasteiger partial charge is 0.342 e. The van der Waals surface area contributed by atoms with Gasteiger partial charge in [0, 0.05) is 17.0 Å². The lowest BCUT2D eigenvalue weighted by Crippen LogP contribution is -2.36. The summed E-state index contributed by atoms with van der Waals surface area (Å²) in [5, 5.41) is 3.09. The van der Waals surface area contributed by atoms with Gasteiger partial charge in [-0.1, -0.05) is 18.2 Å². The number of hydrogen-bond acceptors (Lipinski definition) is 5. The summed E-state index contributed by atoms with van der Waals surface area (Å²) in [5.41, 5.74) is 3.14. The van der Waals surface area contributed by atoms with Crippen LogP contribution in [0.5, 0.6) is 5.75 Å². The van der Waals surface area contributed by atoms with Crippen LogP contribution in [-0.2, 0) is 14.3 Å². The van der Waals surface area contributed by atoms with Crippen molar-refractivity contribution >= 4 is 11.9 Å². The fourth-order valence-electron chi connectivity index (χ4n) is 3.02. The molecule has 0 radical (unpaired) electrons. The summed E-state index contributed by atoms with van der Waals surface area (Å²) in [6, 6.07) is 7.28. The molecule has 0 fully saturated rings. The lowest BCUT2D eigenvalue weighted by molar-refractivity contribution is -0.139. The Kier molecular flexibility index (Phi) is 3.48. The van der Waals surface area contributed by atoms with Crippen molar-refractivity contribution in [2.45, 2.75) is 26.7 Å². The van der Waals surface area contributed by atoms with Crippen LogP contribution in [-0.4, -0.2) is 18.5 Å². The van der Waals surface area contributed by atoms with Crippen LogP contribution in [0.15, 0.2) is 46.8 Å². The van der Waals surface area contributed by atoms with Gasteiger partial charge in [0.25, 0.3) is 0 Å². The van der Waals surface area contributed by atoms with Crippen LogP contribution in [0.3, 0.4) is 0 Å². The minimum absolute atomic E-state index is 0.284. The molecule has 0 saturated heterocycles. The Labute approximate surface area is 128 Å². The van der Waals surface area contributed by atoms with Gasteiger partial charge in [0.1, 0.15) is 5.75 Å². The molecular formula is C17H17NO4. The number of dihydropyridines is 1. The topological polar surface area (TPSA) is 64.6 Å². The molecule has 5 nitrogen and oxygen atoms in total. The van der Waals surface area contributed by atoms with E-state index in [1.165, 1.54) is 0 Å². The molecule has 1 aromatic carbocycles. The van der Waals surface area contributed by atoms with Crippen molar-refractivity contribution in [1.82, 2.24) is 5.32 Å². The number of benzene rings is 1. The Hall–Kier alpha value is -2.56. The Morgan fingerprint density at radius 3 is 2.73 bits per heavy atom. The maximum absolute atomic E-state index is 12.4. The van der Waals surface area contributed by atoms with Crippen molar-refractivity contribution in [2.24, 2.45) is 0 Å². The van der Waals surface area contributed by atoms with E-state index in [0.29, 0.717) is 28.3 Å². The average Bonchev–Trinajstić information content (AvgIpc) is 2.46. The monoisotopic (exact) mass is 299 g/mol. The van der Waals surface area contributed by atoms with E-state index < -0.39 is 17.9 Å². The Morgan fingerprint density at radius 1 is 1.27 bits per heavy atom. The van der Waals surface area contributed by atoms with Gasteiger partial charge in [-0.15, -0.1) is 0 Å². The molecule has 0 amide bonds. The molecule has 0 bridgehead atoms. The number of carbonyl (C=O) groups excluding carboxylic acids is 2. The first kappa shape index (κ1) is 14.4. The number of fused-ring (bicyclic) bond motifs is 3. The summed E-state index contributed by atoms with van der Waals surface area (Å²) in [5.74, 6) is -0.793. The van der Waals surface area contributed by atoms with E-state index in [2.05, 4.69) is 5.32 Å². The predicted molar refractivity (Wildman–Crippen MR) is 80.0 cm³/mol. The van der Waals surface area contributed by atoms with Gasteiger partial charge >= 0.3 is 11.9 Å². The molecule has 0 unspecified atom stereocenters. The molecule has 5 heteroatoms. The molecule has 0 aromatic heterocycles. The van der Waals surface area contributed by atoms with E-state index in [4.69, 9.17) is 9.47 Å². The number of rotatable bonds is 2. The van der Waals surface area contributed by atoms with Gasteiger partial charge in [-0.05, 0) is 26.8 Å². The van der Waals surface area contributed by atoms with Crippen molar-refractivity contribution in [2.75, 3.05) is 6.61 Å². The Bertz CT molecular complexity index is 730. The number of esters is 2. The minimum Gasteiger partial charge on any atom is -0.463 e. The van der Waals surface area contributed by atoms with Crippen molar-refractivity contribution in [3.8, 4) is 5.75 Å². The van der Waals surface area contributed by atoms with E-state index in [1.807, 2.05) is 26.0 Å². The standard InChI is InChI=1S/C17H17NO4/c1-4-21-16(19)13-9(2)18-10(3)14-15(13)11-7-5-6-8-12(11)22-17(14)20/h5-8,15,18H,4H2,1-3H3/t15-/m0/s1. The molecule has 2 aliphatic heterocycles. The van der Waals surface area contributed by atoms with Crippen LogP contribution in [0.1, 0.15) is 32.3 Å². The third kappa shape index (κ3) is 2.09. The number of ether oxygens (including phenoxy) is 2. The number of para-hydroxylation sites is 1. The molecule has 1 aromatic rings. The molecule has 1 atom stereocenters. The highest BCUT2D eigenvalue weighted by molar-refractivity contribution is 6.02. The van der Waals surface area contributed by atoms with Crippen LogP contribution in [0.4, 0.5) is 0 Å². The summed E-state index contributed by atoms with van der Waals surface area (Å²) in [4.78, 5) is 24.7. The highest BCUT2D eigenvalue weighted by Gasteiger charge is 2.42. The summed E-state index contributed by atoms with van der Waals surface area (Å²) in [6.45, 7) is 5.67. The van der Waals surface area contributed by atoms with Crippen molar-refractivity contribution < 1.29 is 19.1 Å². The molecule has 22 heavy (non-hydrogen) atoms. The zero-order valence-corrected chi connectivity index (χ0v) is 12.7. The zero-order valence-electron chi connectivity index (χ0n) is 12.7. The second-order valence-corrected chi connectivity index (χ2v) is 5.28. The van der Waals surface area contributed by atoms with E-state index >= 15 is 0 Å². The molecule has 2 aliphatic rings. The van der Waals surface area contributed by atoms with Crippen molar-refractivity contribution in [3.63, 3.8) is 0 Å². The van der Waals surface area contributed by atoms with Gasteiger partial charge in [0.05, 0.1) is 23.7 Å². The molecule has 0 spiro atoms. The fraction of sp³-hybridized carbons (Fsp3) is 0.294. The second-order valence-electron chi connectivity index (χ2n) is 5.28. The molecular weight excluding hydrogens is 282 g/mol.